The molecular weight excluding hydrogens is 923 g/mol. The molecular formula is C47H85N13O11. The molecule has 0 radical (unpaired) electrons. The highest BCUT2D eigenvalue weighted by molar-refractivity contribution is 5.98. The van der Waals surface area contributed by atoms with Gasteiger partial charge in [-0.15, -0.1) is 0 Å². The van der Waals surface area contributed by atoms with Crippen LogP contribution in [0.5, 0.6) is 0 Å². The summed E-state index contributed by atoms with van der Waals surface area (Å²) in [6.45, 7) is 16.6. The maximum absolute atomic E-state index is 14.4. The average Bonchev–Trinajstić information content (AvgIpc) is 3.81. The number of nitrogens with zero attached hydrogens (tertiary/aromatic N) is 4. The molecule has 0 saturated carbocycles. The molecule has 404 valence electrons. The highest BCUT2D eigenvalue weighted by Gasteiger charge is 2.41. The van der Waals surface area contributed by atoms with Gasteiger partial charge in [0.15, 0.2) is 5.96 Å². The van der Waals surface area contributed by atoms with Crippen molar-refractivity contribution in [2.24, 2.45) is 34.2 Å². The van der Waals surface area contributed by atoms with Crippen molar-refractivity contribution in [3.8, 4) is 0 Å². The van der Waals surface area contributed by atoms with E-state index in [-0.39, 0.29) is 43.7 Å². The Kier molecular flexibility index (Phi) is 27.8. The van der Waals surface area contributed by atoms with E-state index in [2.05, 4.69) is 42.2 Å². The number of likely N-dealkylation sites (tertiary alicyclic amines) is 1. The lowest BCUT2D eigenvalue weighted by Crippen LogP contribution is -2.63. The summed E-state index contributed by atoms with van der Waals surface area (Å²) in [6.07, 6.45) is 1.26. The predicted octanol–water partition coefficient (Wildman–Crippen LogP) is -2.06. The van der Waals surface area contributed by atoms with Gasteiger partial charge in [0.1, 0.15) is 42.3 Å². The van der Waals surface area contributed by atoms with Crippen LogP contribution >= 0.6 is 0 Å². The molecule has 0 aliphatic carbocycles. The van der Waals surface area contributed by atoms with Crippen LogP contribution in [0.2, 0.25) is 0 Å². The first-order valence-electron chi connectivity index (χ1n) is 24.8. The smallest absolute Gasteiger partial charge is 0.245 e. The number of aliphatic hydroxyl groups excluding tert-OH is 1. The molecule has 24 nitrogen and oxygen atoms in total. The molecule has 12 N–H and O–H groups in total. The Balaban J connectivity index is 3.37. The molecule has 71 heavy (non-hydrogen) atoms. The van der Waals surface area contributed by atoms with Gasteiger partial charge in [-0.25, -0.2) is 0 Å². The number of aliphatic hydroxyl groups is 1. The standard InChI is InChI=1S/C47H85N13O11/c1-13-19-31(45(70)59(12)39(28(8)15-3)44(69)54-32(20-17-22-51-47(48)49)46(71)60-23-18-21-33(60)40(65)50-16-4)53-43(68)38(29(9)61)57-42(67)37(27(7)14-2)56-41(66)36(26(5)6)55-34(63)24-52-35(64)25-58(11)30(10)62/h26-29,31-33,36-39,61H,13-25H2,1-12H3,(H,50,65)(H,52,64)(H,53,68)(H,54,69)(H,55,63)(H,56,66)(H,57,67)(H4,48,49,51)/t27?,28?,29?,31-,32-,33-,36-,37+,38-,39-/m0/s1. The Morgan fingerprint density at radius 2 is 1.30 bits per heavy atom. The second-order valence-corrected chi connectivity index (χ2v) is 18.8. The van der Waals surface area contributed by atoms with E-state index < -0.39 is 120 Å². The van der Waals surface area contributed by atoms with Gasteiger partial charge < -0.3 is 68.5 Å². The Morgan fingerprint density at radius 1 is 0.718 bits per heavy atom. The second-order valence-electron chi connectivity index (χ2n) is 18.8. The zero-order valence-electron chi connectivity index (χ0n) is 44.0. The quantitative estimate of drug-likeness (QED) is 0.0211. The van der Waals surface area contributed by atoms with Gasteiger partial charge >= 0.3 is 0 Å². The number of rotatable bonds is 30. The van der Waals surface area contributed by atoms with E-state index in [4.69, 9.17) is 11.5 Å². The normalized spacial score (nSPS) is 17.0. The highest BCUT2D eigenvalue weighted by atomic mass is 16.3. The van der Waals surface area contributed by atoms with Crippen molar-refractivity contribution in [2.75, 3.05) is 46.8 Å². The third-order valence-electron chi connectivity index (χ3n) is 12.6. The van der Waals surface area contributed by atoms with Gasteiger partial charge in [0.2, 0.25) is 59.1 Å². The Hall–Kier alpha value is -6.07. The third-order valence-corrected chi connectivity index (χ3v) is 12.6. The zero-order chi connectivity index (χ0) is 54.3. The number of likely N-dealkylation sites (N-methyl/N-ethyl adjacent to an activating group) is 3. The van der Waals surface area contributed by atoms with E-state index in [1.165, 1.54) is 37.7 Å². The molecule has 10 atom stereocenters. The first-order chi connectivity index (χ1) is 33.3. The molecule has 1 heterocycles. The summed E-state index contributed by atoms with van der Waals surface area (Å²) >= 11 is 0. The number of amides is 10. The fourth-order valence-corrected chi connectivity index (χ4v) is 7.96. The number of nitrogens with one attached hydrogen (secondary N) is 7. The van der Waals surface area contributed by atoms with Gasteiger partial charge in [0, 0.05) is 40.7 Å². The van der Waals surface area contributed by atoms with Crippen molar-refractivity contribution in [1.29, 1.82) is 0 Å². The minimum absolute atomic E-state index is 0.0965. The summed E-state index contributed by atoms with van der Waals surface area (Å²) < 4.78 is 0. The van der Waals surface area contributed by atoms with Crippen LogP contribution in [0.15, 0.2) is 4.99 Å². The number of nitrogens with two attached hydrogens (primary N) is 2. The number of carbonyl (C=O) groups excluding carboxylic acids is 10. The minimum atomic E-state index is -1.62. The fraction of sp³-hybridized carbons (Fsp3) is 0.766. The summed E-state index contributed by atoms with van der Waals surface area (Å²) in [4.78, 5) is 142. The first kappa shape index (κ1) is 62.9. The van der Waals surface area contributed by atoms with Crippen molar-refractivity contribution < 1.29 is 53.1 Å². The van der Waals surface area contributed by atoms with E-state index in [1.807, 2.05) is 6.92 Å². The fourth-order valence-electron chi connectivity index (χ4n) is 7.96. The first-order valence-corrected chi connectivity index (χ1v) is 24.8. The van der Waals surface area contributed by atoms with Gasteiger partial charge in [-0.2, -0.15) is 0 Å². The van der Waals surface area contributed by atoms with Crippen LogP contribution in [0.25, 0.3) is 0 Å². The SMILES string of the molecule is CCC[C@H](NC(=O)[C@@H](NC(=O)[C@H](NC(=O)[C@@H](NC(=O)CNC(=O)CN(C)C(C)=O)C(C)C)C(C)CC)C(C)O)C(=O)N(C)[C@H](C(=O)N[C@@H](CCCN=C(N)N)C(=O)N1CCC[C@H]1C(=O)NCC)C(C)CC. The molecule has 0 aromatic carbocycles. The van der Waals surface area contributed by atoms with Crippen molar-refractivity contribution in [1.82, 2.24) is 51.9 Å². The van der Waals surface area contributed by atoms with Crippen LogP contribution in [0, 0.1) is 17.8 Å². The van der Waals surface area contributed by atoms with Crippen LogP contribution < -0.4 is 48.7 Å². The summed E-state index contributed by atoms with van der Waals surface area (Å²) in [5, 5.41) is 29.3. The van der Waals surface area contributed by atoms with Crippen molar-refractivity contribution in [2.45, 2.75) is 169 Å². The number of hydrogen-bond donors (Lipinski definition) is 10. The molecule has 24 heteroatoms. The van der Waals surface area contributed by atoms with Gasteiger partial charge in [0.25, 0.3) is 0 Å². The Bertz CT molecular complexity index is 1860. The number of carbonyl (C=O) groups is 10. The largest absolute Gasteiger partial charge is 0.391 e. The predicted molar refractivity (Wildman–Crippen MR) is 266 cm³/mol. The van der Waals surface area contributed by atoms with Gasteiger partial charge in [-0.3, -0.25) is 52.9 Å². The molecule has 0 aromatic heterocycles. The number of hydrogen-bond acceptors (Lipinski definition) is 12. The Labute approximate surface area is 419 Å². The summed E-state index contributed by atoms with van der Waals surface area (Å²) in [6, 6.07) is -8.25. The maximum Gasteiger partial charge on any atom is 0.245 e. The van der Waals surface area contributed by atoms with Gasteiger partial charge in [-0.05, 0) is 63.7 Å². The monoisotopic (exact) mass is 1010 g/mol. The topological polar surface area (TPSA) is 349 Å². The van der Waals surface area contributed by atoms with E-state index in [0.29, 0.717) is 51.6 Å². The summed E-state index contributed by atoms with van der Waals surface area (Å²) in [7, 11) is 2.84. The molecule has 0 aromatic rings. The van der Waals surface area contributed by atoms with Gasteiger partial charge in [0.05, 0.1) is 19.2 Å². The Morgan fingerprint density at radius 3 is 1.83 bits per heavy atom. The third kappa shape index (κ3) is 20.3. The average molecular weight is 1010 g/mol. The molecule has 0 spiro atoms. The molecule has 10 amide bonds. The summed E-state index contributed by atoms with van der Waals surface area (Å²) in [5.41, 5.74) is 11.0. The van der Waals surface area contributed by atoms with Crippen LogP contribution in [-0.4, -0.2) is 180 Å². The van der Waals surface area contributed by atoms with Crippen LogP contribution in [-0.2, 0) is 47.9 Å². The van der Waals surface area contributed by atoms with Crippen molar-refractivity contribution >= 4 is 65.0 Å². The zero-order valence-corrected chi connectivity index (χ0v) is 44.0. The molecule has 0 bridgehead atoms. The molecule has 1 rings (SSSR count). The van der Waals surface area contributed by atoms with Crippen molar-refractivity contribution in [3.63, 3.8) is 0 Å². The van der Waals surface area contributed by atoms with E-state index in [1.54, 1.807) is 48.5 Å². The number of aliphatic imine (C=N–C) groups is 1. The molecule has 1 aliphatic heterocycles. The molecule has 3 unspecified atom stereocenters. The maximum atomic E-state index is 14.4. The number of guanidine groups is 1. The van der Waals surface area contributed by atoms with Crippen LogP contribution in [0.1, 0.15) is 121 Å². The van der Waals surface area contributed by atoms with Gasteiger partial charge in [-0.1, -0.05) is 67.7 Å². The lowest BCUT2D eigenvalue weighted by Gasteiger charge is -2.36. The van der Waals surface area contributed by atoms with Crippen LogP contribution in [0.3, 0.4) is 0 Å². The van der Waals surface area contributed by atoms with Crippen LogP contribution in [0.4, 0.5) is 0 Å². The van der Waals surface area contributed by atoms with E-state index >= 15 is 0 Å². The molecule has 1 saturated heterocycles. The highest BCUT2D eigenvalue weighted by Crippen LogP contribution is 2.22. The second kappa shape index (κ2) is 31.3. The van der Waals surface area contributed by atoms with Crippen molar-refractivity contribution in [3.05, 3.63) is 0 Å². The lowest BCUT2D eigenvalue weighted by molar-refractivity contribution is -0.146. The molecule has 1 fully saturated rings. The van der Waals surface area contributed by atoms with E-state index in [9.17, 15) is 53.1 Å². The summed E-state index contributed by atoms with van der Waals surface area (Å²) in [5.74, 6) is -7.79. The lowest BCUT2D eigenvalue weighted by atomic mass is 9.95. The van der Waals surface area contributed by atoms with E-state index in [0.717, 1.165) is 4.90 Å². The molecule has 1 aliphatic rings. The minimum Gasteiger partial charge on any atom is -0.391 e.